The third-order valence-electron chi connectivity index (χ3n) is 5.18. The Morgan fingerprint density at radius 1 is 1.21 bits per heavy atom. The molecule has 28 heavy (non-hydrogen) atoms. The molecule has 0 spiro atoms. The van der Waals surface area contributed by atoms with Crippen molar-refractivity contribution in [1.82, 2.24) is 20.4 Å². The molecule has 2 heterocycles. The molecule has 0 atom stereocenters. The second kappa shape index (κ2) is 10.5. The molecule has 1 saturated heterocycles. The summed E-state index contributed by atoms with van der Waals surface area (Å²) in [6.07, 6.45) is 8.15. The number of aromatic nitrogens is 2. The highest BCUT2D eigenvalue weighted by molar-refractivity contribution is 8.00. The molecule has 6 nitrogen and oxygen atoms in total. The van der Waals surface area contributed by atoms with Crippen LogP contribution in [0.2, 0.25) is 0 Å². The Bertz CT molecular complexity index is 741. The van der Waals surface area contributed by atoms with Crippen LogP contribution in [0.25, 0.3) is 0 Å². The summed E-state index contributed by atoms with van der Waals surface area (Å²) in [6, 6.07) is 10.4. The van der Waals surface area contributed by atoms with Gasteiger partial charge in [0, 0.05) is 43.4 Å². The number of hydrogen-bond acceptors (Lipinski definition) is 4. The highest BCUT2D eigenvalue weighted by Gasteiger charge is 2.31. The number of benzene rings is 1. The lowest BCUT2D eigenvalue weighted by molar-refractivity contribution is 0.0783. The Morgan fingerprint density at radius 2 is 2.00 bits per heavy atom. The molecule has 1 aromatic heterocycles. The van der Waals surface area contributed by atoms with Crippen molar-refractivity contribution in [3.05, 3.63) is 53.9 Å². The number of ether oxygens (including phenoxy) is 1. The van der Waals surface area contributed by atoms with E-state index in [1.807, 2.05) is 34.9 Å². The molecule has 0 unspecified atom stereocenters. The Labute approximate surface area is 172 Å². The second-order valence-corrected chi connectivity index (χ2v) is 8.29. The van der Waals surface area contributed by atoms with Gasteiger partial charge in [0.2, 0.25) is 0 Å². The highest BCUT2D eigenvalue weighted by atomic mass is 32.2. The first-order valence-electron chi connectivity index (χ1n) is 9.94. The average molecular weight is 402 g/mol. The van der Waals surface area contributed by atoms with Crippen molar-refractivity contribution in [1.29, 1.82) is 0 Å². The molecule has 0 radical (unpaired) electrons. The van der Waals surface area contributed by atoms with E-state index in [0.29, 0.717) is 6.54 Å². The van der Waals surface area contributed by atoms with E-state index in [-0.39, 0.29) is 4.75 Å². The first-order chi connectivity index (χ1) is 13.7. The molecular formula is C21H31N5OS. The van der Waals surface area contributed by atoms with E-state index in [9.17, 15) is 0 Å². The number of thioether (sulfide) groups is 1. The molecule has 1 fully saturated rings. The summed E-state index contributed by atoms with van der Waals surface area (Å²) < 4.78 is 7.72. The molecule has 3 rings (SSSR count). The largest absolute Gasteiger partial charge is 0.381 e. The number of hydrogen-bond donors (Lipinski definition) is 2. The zero-order chi connectivity index (χ0) is 19.7. The maximum Gasteiger partial charge on any atom is 0.191 e. The molecule has 1 aliphatic heterocycles. The number of nitrogens with zero attached hydrogens (tertiary/aromatic N) is 3. The minimum Gasteiger partial charge on any atom is -0.381 e. The van der Waals surface area contributed by atoms with Gasteiger partial charge >= 0.3 is 0 Å². The van der Waals surface area contributed by atoms with Crippen LogP contribution in [0.4, 0.5) is 0 Å². The quantitative estimate of drug-likeness (QED) is 0.526. The molecular weight excluding hydrogens is 370 g/mol. The predicted octanol–water partition coefficient (Wildman–Crippen LogP) is 2.90. The lowest BCUT2D eigenvalue weighted by atomic mass is 9.99. The van der Waals surface area contributed by atoms with E-state index in [2.05, 4.69) is 53.2 Å². The average Bonchev–Trinajstić information content (AvgIpc) is 3.25. The molecule has 1 aliphatic rings. The summed E-state index contributed by atoms with van der Waals surface area (Å²) in [5.41, 5.74) is 2.47. The molecule has 0 saturated carbocycles. The third-order valence-corrected chi connectivity index (χ3v) is 6.60. The van der Waals surface area contributed by atoms with Crippen LogP contribution in [0.5, 0.6) is 0 Å². The van der Waals surface area contributed by atoms with Gasteiger partial charge < -0.3 is 15.4 Å². The third kappa shape index (κ3) is 5.75. The van der Waals surface area contributed by atoms with Crippen LogP contribution in [-0.4, -0.2) is 53.0 Å². The molecule has 0 aliphatic carbocycles. The Balaban J connectivity index is 1.66. The van der Waals surface area contributed by atoms with Gasteiger partial charge in [0.05, 0.1) is 13.1 Å². The van der Waals surface area contributed by atoms with Crippen LogP contribution in [0.1, 0.15) is 30.9 Å². The molecule has 2 N–H and O–H groups in total. The van der Waals surface area contributed by atoms with Gasteiger partial charge in [-0.2, -0.15) is 16.9 Å². The molecule has 1 aromatic carbocycles. The monoisotopic (exact) mass is 401 g/mol. The number of aliphatic imine (C=N–C) groups is 1. The van der Waals surface area contributed by atoms with E-state index in [4.69, 9.17) is 9.73 Å². The fraction of sp³-hybridized carbons (Fsp3) is 0.524. The lowest BCUT2D eigenvalue weighted by Crippen LogP contribution is -2.47. The van der Waals surface area contributed by atoms with Gasteiger partial charge in [0.25, 0.3) is 0 Å². The van der Waals surface area contributed by atoms with E-state index in [1.54, 1.807) is 0 Å². The fourth-order valence-electron chi connectivity index (χ4n) is 3.38. The zero-order valence-corrected chi connectivity index (χ0v) is 17.7. The Kier molecular flexibility index (Phi) is 7.80. The van der Waals surface area contributed by atoms with Crippen LogP contribution in [-0.2, 0) is 17.8 Å². The van der Waals surface area contributed by atoms with E-state index in [0.717, 1.165) is 51.6 Å². The Morgan fingerprint density at radius 3 is 2.68 bits per heavy atom. The summed E-state index contributed by atoms with van der Waals surface area (Å²) >= 11 is 1.94. The maximum absolute atomic E-state index is 5.55. The van der Waals surface area contributed by atoms with E-state index < -0.39 is 0 Å². The van der Waals surface area contributed by atoms with Crippen molar-refractivity contribution in [2.24, 2.45) is 4.99 Å². The van der Waals surface area contributed by atoms with Gasteiger partial charge in [-0.25, -0.2) is 4.99 Å². The van der Waals surface area contributed by atoms with Crippen molar-refractivity contribution >= 4 is 17.7 Å². The van der Waals surface area contributed by atoms with E-state index in [1.165, 1.54) is 11.1 Å². The van der Waals surface area contributed by atoms with Gasteiger partial charge in [0.15, 0.2) is 5.96 Å². The first-order valence-corrected chi connectivity index (χ1v) is 11.2. The summed E-state index contributed by atoms with van der Waals surface area (Å²) in [5, 5.41) is 11.3. The van der Waals surface area contributed by atoms with Gasteiger partial charge in [-0.3, -0.25) is 4.68 Å². The molecule has 152 valence electrons. The summed E-state index contributed by atoms with van der Waals surface area (Å²) in [4.78, 5) is 4.85. The highest BCUT2D eigenvalue weighted by Crippen LogP contribution is 2.32. The van der Waals surface area contributed by atoms with Crippen molar-refractivity contribution in [2.45, 2.75) is 37.6 Å². The first kappa shape index (κ1) is 20.7. The SMILES string of the molecule is CCNC(=NCc1ccccc1Cn1cccn1)NCC1(SC)CCOCC1. The van der Waals surface area contributed by atoms with Gasteiger partial charge in [-0.05, 0) is 43.2 Å². The van der Waals surface area contributed by atoms with Crippen LogP contribution in [0, 0.1) is 0 Å². The number of guanidine groups is 1. The molecule has 2 aromatic rings. The van der Waals surface area contributed by atoms with Gasteiger partial charge in [-0.1, -0.05) is 24.3 Å². The van der Waals surface area contributed by atoms with Gasteiger partial charge in [-0.15, -0.1) is 0 Å². The topological polar surface area (TPSA) is 63.5 Å². The standard InChI is InChI=1S/C21H31N5OS/c1-3-22-20(24-17-21(28-2)9-13-27-14-10-21)23-15-18-7-4-5-8-19(18)16-26-12-6-11-25-26/h4-8,11-12H,3,9-10,13-17H2,1-2H3,(H2,22,23,24). The minimum atomic E-state index is 0.229. The molecule has 0 bridgehead atoms. The van der Waals surface area contributed by atoms with Crippen LogP contribution >= 0.6 is 11.8 Å². The fourth-order valence-corrected chi connectivity index (χ4v) is 4.17. The van der Waals surface area contributed by atoms with E-state index >= 15 is 0 Å². The van der Waals surface area contributed by atoms with Crippen LogP contribution in [0.15, 0.2) is 47.7 Å². The second-order valence-electron chi connectivity index (χ2n) is 7.02. The number of rotatable bonds is 8. The molecule has 0 amide bonds. The van der Waals surface area contributed by atoms with Crippen LogP contribution in [0.3, 0.4) is 0 Å². The molecule has 7 heteroatoms. The smallest absolute Gasteiger partial charge is 0.191 e. The predicted molar refractivity (Wildman–Crippen MR) is 117 cm³/mol. The Hall–Kier alpha value is -1.99. The van der Waals surface area contributed by atoms with Crippen molar-refractivity contribution in [3.63, 3.8) is 0 Å². The summed E-state index contributed by atoms with van der Waals surface area (Å²) in [6.45, 7) is 6.94. The van der Waals surface area contributed by atoms with Crippen molar-refractivity contribution in [3.8, 4) is 0 Å². The van der Waals surface area contributed by atoms with Crippen molar-refractivity contribution < 1.29 is 4.74 Å². The summed E-state index contributed by atoms with van der Waals surface area (Å²) in [5.74, 6) is 0.872. The van der Waals surface area contributed by atoms with Gasteiger partial charge in [0.1, 0.15) is 0 Å². The number of nitrogens with one attached hydrogen (secondary N) is 2. The summed E-state index contributed by atoms with van der Waals surface area (Å²) in [7, 11) is 0. The normalized spacial score (nSPS) is 16.7. The zero-order valence-electron chi connectivity index (χ0n) is 16.9. The maximum atomic E-state index is 5.55. The van der Waals surface area contributed by atoms with Crippen LogP contribution < -0.4 is 10.6 Å². The lowest BCUT2D eigenvalue weighted by Gasteiger charge is -2.36. The minimum absolute atomic E-state index is 0.229. The van der Waals surface area contributed by atoms with Crippen molar-refractivity contribution in [2.75, 3.05) is 32.6 Å².